The Balaban J connectivity index is 1.61. The van der Waals surface area contributed by atoms with E-state index in [-0.39, 0.29) is 17.6 Å². The largest absolute Gasteiger partial charge is 0.416 e. The average molecular weight is 422 g/mol. The van der Waals surface area contributed by atoms with E-state index in [2.05, 4.69) is 10.4 Å². The number of aryl methyl sites for hydroxylation is 1. The number of halogens is 4. The highest BCUT2D eigenvalue weighted by atomic mass is 35.5. The molecule has 0 aliphatic carbocycles. The van der Waals surface area contributed by atoms with Gasteiger partial charge in [-0.1, -0.05) is 54.1 Å². The number of nitrogens with one attached hydrogen (secondary N) is 1. The molecule has 0 saturated carbocycles. The summed E-state index contributed by atoms with van der Waals surface area (Å²) in [5, 5.41) is 7.34. The molecule has 0 atom stereocenters. The van der Waals surface area contributed by atoms with Gasteiger partial charge in [-0.2, -0.15) is 18.3 Å². The van der Waals surface area contributed by atoms with Crippen LogP contribution in [0.3, 0.4) is 0 Å². The fourth-order valence-electron chi connectivity index (χ4n) is 2.94. The Hall–Kier alpha value is -2.80. The minimum Gasteiger partial charge on any atom is -0.352 e. The molecule has 0 fully saturated rings. The molecule has 3 rings (SSSR count). The summed E-state index contributed by atoms with van der Waals surface area (Å²) in [5.74, 6) is -0.362. The number of benzene rings is 2. The van der Waals surface area contributed by atoms with Gasteiger partial charge in [0.15, 0.2) is 0 Å². The number of aromatic nitrogens is 2. The van der Waals surface area contributed by atoms with E-state index >= 15 is 0 Å². The van der Waals surface area contributed by atoms with Crippen LogP contribution in [-0.4, -0.2) is 22.2 Å². The van der Waals surface area contributed by atoms with E-state index in [9.17, 15) is 18.0 Å². The minimum atomic E-state index is -4.36. The third kappa shape index (κ3) is 5.17. The number of carbonyl (C=O) groups excluding carboxylic acids is 1. The predicted octanol–water partition coefficient (Wildman–Crippen LogP) is 4.88. The second-order valence-electron chi connectivity index (χ2n) is 6.60. The second kappa shape index (κ2) is 8.69. The van der Waals surface area contributed by atoms with E-state index in [1.807, 2.05) is 30.3 Å². The van der Waals surface area contributed by atoms with E-state index in [1.165, 1.54) is 12.1 Å². The first kappa shape index (κ1) is 20.9. The van der Waals surface area contributed by atoms with Crippen LogP contribution in [-0.2, 0) is 19.1 Å². The standard InChI is InChI=1S/C21H19ClF3N3O/c1-14-18(19(22)28(27-14)13-16-5-3-2-4-6-16)20(29)26-12-11-15-7-9-17(10-8-15)21(23,24)25/h2-10H,11-13H2,1H3,(H,26,29). The van der Waals surface area contributed by atoms with Gasteiger partial charge >= 0.3 is 6.18 Å². The Morgan fingerprint density at radius 3 is 2.34 bits per heavy atom. The van der Waals surface area contributed by atoms with Crippen LogP contribution in [0.5, 0.6) is 0 Å². The topological polar surface area (TPSA) is 46.9 Å². The fourth-order valence-corrected chi connectivity index (χ4v) is 3.26. The zero-order valence-corrected chi connectivity index (χ0v) is 16.4. The summed E-state index contributed by atoms with van der Waals surface area (Å²) in [4.78, 5) is 12.5. The summed E-state index contributed by atoms with van der Waals surface area (Å²) in [7, 11) is 0. The van der Waals surface area contributed by atoms with Crippen molar-refractivity contribution in [1.82, 2.24) is 15.1 Å². The van der Waals surface area contributed by atoms with Crippen molar-refractivity contribution in [1.29, 1.82) is 0 Å². The normalized spacial score (nSPS) is 11.5. The molecule has 0 bridgehead atoms. The number of hydrogen-bond acceptors (Lipinski definition) is 2. The molecule has 3 aromatic rings. The Bertz CT molecular complexity index is 983. The maximum atomic E-state index is 12.6. The first-order chi connectivity index (χ1) is 13.8. The van der Waals surface area contributed by atoms with Crippen molar-refractivity contribution in [2.75, 3.05) is 6.54 Å². The maximum Gasteiger partial charge on any atom is 0.416 e. The van der Waals surface area contributed by atoms with Crippen molar-refractivity contribution in [2.45, 2.75) is 26.1 Å². The molecule has 2 aromatic carbocycles. The third-order valence-electron chi connectivity index (χ3n) is 4.45. The van der Waals surface area contributed by atoms with Gasteiger partial charge in [0.25, 0.3) is 5.91 Å². The van der Waals surface area contributed by atoms with E-state index in [0.29, 0.717) is 29.8 Å². The second-order valence-corrected chi connectivity index (χ2v) is 6.95. The molecule has 0 saturated heterocycles. The van der Waals surface area contributed by atoms with Gasteiger partial charge in [0, 0.05) is 6.54 Å². The lowest BCUT2D eigenvalue weighted by Gasteiger charge is -2.08. The first-order valence-electron chi connectivity index (χ1n) is 8.97. The molecule has 8 heteroatoms. The minimum absolute atomic E-state index is 0.249. The van der Waals surface area contributed by atoms with Gasteiger partial charge in [-0.3, -0.25) is 4.79 Å². The number of carbonyl (C=O) groups is 1. The highest BCUT2D eigenvalue weighted by Gasteiger charge is 2.29. The summed E-state index contributed by atoms with van der Waals surface area (Å²) in [6, 6.07) is 14.5. The molecule has 0 spiro atoms. The molecule has 152 valence electrons. The average Bonchev–Trinajstić information content (AvgIpc) is 2.95. The Labute approximate surface area is 171 Å². The molecule has 1 heterocycles. The third-order valence-corrected chi connectivity index (χ3v) is 4.83. The van der Waals surface area contributed by atoms with Crippen LogP contribution in [0, 0.1) is 6.92 Å². The zero-order chi connectivity index (χ0) is 21.0. The number of rotatable bonds is 6. The van der Waals surface area contributed by atoms with Crippen molar-refractivity contribution in [3.8, 4) is 0 Å². The molecule has 0 aliphatic rings. The van der Waals surface area contributed by atoms with Crippen LogP contribution in [0.25, 0.3) is 0 Å². The van der Waals surface area contributed by atoms with E-state index in [4.69, 9.17) is 11.6 Å². The molecular formula is C21H19ClF3N3O. The highest BCUT2D eigenvalue weighted by molar-refractivity contribution is 6.33. The number of hydrogen-bond donors (Lipinski definition) is 1. The van der Waals surface area contributed by atoms with Gasteiger partial charge in [0.1, 0.15) is 5.15 Å². The zero-order valence-electron chi connectivity index (χ0n) is 15.6. The summed E-state index contributed by atoms with van der Waals surface area (Å²) in [6.07, 6.45) is -3.96. The summed E-state index contributed by atoms with van der Waals surface area (Å²) >= 11 is 6.36. The van der Waals surface area contributed by atoms with Crippen molar-refractivity contribution in [3.05, 3.63) is 87.7 Å². The molecule has 0 unspecified atom stereocenters. The SMILES string of the molecule is Cc1nn(Cc2ccccc2)c(Cl)c1C(=O)NCCc1ccc(C(F)(F)F)cc1. The van der Waals surface area contributed by atoms with Crippen molar-refractivity contribution < 1.29 is 18.0 Å². The van der Waals surface area contributed by atoms with Gasteiger partial charge < -0.3 is 5.32 Å². The van der Waals surface area contributed by atoms with Gasteiger partial charge in [-0.15, -0.1) is 0 Å². The van der Waals surface area contributed by atoms with Crippen LogP contribution < -0.4 is 5.32 Å². The van der Waals surface area contributed by atoms with Crippen LogP contribution >= 0.6 is 11.6 Å². The Morgan fingerprint density at radius 2 is 1.72 bits per heavy atom. The molecule has 4 nitrogen and oxygen atoms in total. The highest BCUT2D eigenvalue weighted by Crippen LogP contribution is 2.29. The van der Waals surface area contributed by atoms with Crippen molar-refractivity contribution >= 4 is 17.5 Å². The smallest absolute Gasteiger partial charge is 0.352 e. The molecule has 29 heavy (non-hydrogen) atoms. The summed E-state index contributed by atoms with van der Waals surface area (Å²) in [6.45, 7) is 2.42. The van der Waals surface area contributed by atoms with Gasteiger partial charge in [-0.25, -0.2) is 4.68 Å². The quantitative estimate of drug-likeness (QED) is 0.616. The van der Waals surface area contributed by atoms with Crippen LogP contribution in [0.1, 0.15) is 32.7 Å². The van der Waals surface area contributed by atoms with Gasteiger partial charge in [0.2, 0.25) is 0 Å². The summed E-state index contributed by atoms with van der Waals surface area (Å²) in [5.41, 5.74) is 1.82. The van der Waals surface area contributed by atoms with Gasteiger partial charge in [-0.05, 0) is 36.6 Å². The first-order valence-corrected chi connectivity index (χ1v) is 9.34. The molecule has 0 radical (unpaired) electrons. The lowest BCUT2D eigenvalue weighted by atomic mass is 10.1. The Morgan fingerprint density at radius 1 is 1.07 bits per heavy atom. The number of amides is 1. The predicted molar refractivity (Wildman–Crippen MR) is 105 cm³/mol. The van der Waals surface area contributed by atoms with Crippen molar-refractivity contribution in [2.24, 2.45) is 0 Å². The molecule has 1 amide bonds. The van der Waals surface area contributed by atoms with E-state index < -0.39 is 11.7 Å². The lowest BCUT2D eigenvalue weighted by Crippen LogP contribution is -2.26. The number of nitrogens with zero attached hydrogens (tertiary/aromatic N) is 2. The van der Waals surface area contributed by atoms with Crippen LogP contribution in [0.4, 0.5) is 13.2 Å². The monoisotopic (exact) mass is 421 g/mol. The van der Waals surface area contributed by atoms with Gasteiger partial charge in [0.05, 0.1) is 23.4 Å². The van der Waals surface area contributed by atoms with E-state index in [0.717, 1.165) is 17.7 Å². The Kier molecular flexibility index (Phi) is 6.27. The lowest BCUT2D eigenvalue weighted by molar-refractivity contribution is -0.137. The van der Waals surface area contributed by atoms with Crippen molar-refractivity contribution in [3.63, 3.8) is 0 Å². The molecular weight excluding hydrogens is 403 g/mol. The molecule has 1 aromatic heterocycles. The van der Waals surface area contributed by atoms with Crippen LogP contribution in [0.15, 0.2) is 54.6 Å². The molecule has 1 N–H and O–H groups in total. The number of alkyl halides is 3. The molecule has 0 aliphatic heterocycles. The maximum absolute atomic E-state index is 12.6. The fraction of sp³-hybridized carbons (Fsp3) is 0.238. The summed E-state index contributed by atoms with van der Waals surface area (Å²) < 4.78 is 39.4. The van der Waals surface area contributed by atoms with E-state index in [1.54, 1.807) is 11.6 Å². The van der Waals surface area contributed by atoms with Crippen LogP contribution in [0.2, 0.25) is 5.15 Å².